The lowest BCUT2D eigenvalue weighted by molar-refractivity contribution is -0.130. The summed E-state index contributed by atoms with van der Waals surface area (Å²) in [5.74, 6) is -3.14. The van der Waals surface area contributed by atoms with Crippen molar-refractivity contribution in [3.8, 4) is 0 Å². The van der Waals surface area contributed by atoms with Crippen molar-refractivity contribution >= 4 is 21.8 Å². The van der Waals surface area contributed by atoms with Gasteiger partial charge in [0.05, 0.1) is 5.92 Å². The number of alkyl halides is 2. The predicted molar refractivity (Wildman–Crippen MR) is 68.7 cm³/mol. The summed E-state index contributed by atoms with van der Waals surface area (Å²) >= 11 is 3.34. The summed E-state index contributed by atoms with van der Waals surface area (Å²) in [5, 5.41) is 2.66. The first-order chi connectivity index (χ1) is 8.37. The Morgan fingerprint density at radius 2 is 2.17 bits per heavy atom. The van der Waals surface area contributed by atoms with E-state index >= 15 is 0 Å². The van der Waals surface area contributed by atoms with Crippen molar-refractivity contribution in [2.75, 3.05) is 0 Å². The zero-order valence-corrected chi connectivity index (χ0v) is 11.5. The van der Waals surface area contributed by atoms with Crippen LogP contribution in [0.25, 0.3) is 0 Å². The Morgan fingerprint density at radius 3 is 2.72 bits per heavy atom. The largest absolute Gasteiger partial charge is 0.352 e. The first-order valence-corrected chi connectivity index (χ1v) is 6.60. The standard InChI is InChI=1S/C13H14BrF2NO/c1-8(9-3-2-4-10(14)5-9)12(18)17-11-6-13(15,16)7-11/h2-5,8,11H,6-7H2,1H3,(H,17,18). The van der Waals surface area contributed by atoms with E-state index in [0.717, 1.165) is 10.0 Å². The molecule has 0 heterocycles. The van der Waals surface area contributed by atoms with Crippen molar-refractivity contribution in [3.05, 3.63) is 34.3 Å². The molecular formula is C13H14BrF2NO. The Labute approximate surface area is 113 Å². The van der Waals surface area contributed by atoms with Gasteiger partial charge in [0.2, 0.25) is 5.91 Å². The van der Waals surface area contributed by atoms with Crippen molar-refractivity contribution in [1.82, 2.24) is 5.32 Å². The fourth-order valence-corrected chi connectivity index (χ4v) is 2.43. The van der Waals surface area contributed by atoms with Crippen LogP contribution in [0.3, 0.4) is 0 Å². The molecule has 2 nitrogen and oxygen atoms in total. The molecule has 18 heavy (non-hydrogen) atoms. The predicted octanol–water partition coefficient (Wildman–Crippen LogP) is 3.47. The average Bonchev–Trinajstić information content (AvgIpc) is 2.25. The minimum absolute atomic E-state index is 0.200. The highest BCUT2D eigenvalue weighted by Crippen LogP contribution is 2.37. The minimum Gasteiger partial charge on any atom is -0.352 e. The van der Waals surface area contributed by atoms with E-state index in [1.165, 1.54) is 0 Å². The molecule has 0 spiro atoms. The van der Waals surface area contributed by atoms with Gasteiger partial charge in [-0.05, 0) is 24.6 Å². The molecule has 0 saturated heterocycles. The number of halogens is 3. The summed E-state index contributed by atoms with van der Waals surface area (Å²) < 4.78 is 26.2. The van der Waals surface area contributed by atoms with Gasteiger partial charge < -0.3 is 5.32 Å². The molecule has 1 amide bonds. The van der Waals surface area contributed by atoms with E-state index in [-0.39, 0.29) is 30.7 Å². The summed E-state index contributed by atoms with van der Waals surface area (Å²) in [5.41, 5.74) is 0.868. The van der Waals surface area contributed by atoms with Crippen molar-refractivity contribution in [2.24, 2.45) is 0 Å². The maximum atomic E-state index is 12.7. The van der Waals surface area contributed by atoms with Crippen LogP contribution >= 0.6 is 15.9 Å². The number of hydrogen-bond acceptors (Lipinski definition) is 1. The molecular weight excluding hydrogens is 304 g/mol. The second kappa shape index (κ2) is 4.96. The Balaban J connectivity index is 1.93. The lowest BCUT2D eigenvalue weighted by atomic mass is 9.87. The van der Waals surface area contributed by atoms with Gasteiger partial charge in [0.1, 0.15) is 0 Å². The van der Waals surface area contributed by atoms with E-state index in [2.05, 4.69) is 21.2 Å². The fraction of sp³-hybridized carbons (Fsp3) is 0.462. The van der Waals surface area contributed by atoms with E-state index in [1.54, 1.807) is 6.92 Å². The molecule has 0 radical (unpaired) electrons. The van der Waals surface area contributed by atoms with Crippen molar-refractivity contribution < 1.29 is 13.6 Å². The highest BCUT2D eigenvalue weighted by Gasteiger charge is 2.46. The number of hydrogen-bond donors (Lipinski definition) is 1. The summed E-state index contributed by atoms with van der Waals surface area (Å²) in [6.45, 7) is 1.77. The first-order valence-electron chi connectivity index (χ1n) is 5.81. The minimum atomic E-state index is -2.60. The highest BCUT2D eigenvalue weighted by molar-refractivity contribution is 9.10. The normalized spacial score (nSPS) is 20.0. The lowest BCUT2D eigenvalue weighted by Gasteiger charge is -2.35. The Morgan fingerprint density at radius 1 is 1.50 bits per heavy atom. The molecule has 1 aromatic carbocycles. The zero-order chi connectivity index (χ0) is 13.3. The smallest absolute Gasteiger partial charge is 0.252 e. The van der Waals surface area contributed by atoms with Crippen LogP contribution in [-0.2, 0) is 4.79 Å². The van der Waals surface area contributed by atoms with Crippen molar-refractivity contribution in [1.29, 1.82) is 0 Å². The Kier molecular flexibility index (Phi) is 3.71. The number of carbonyl (C=O) groups is 1. The molecule has 5 heteroatoms. The highest BCUT2D eigenvalue weighted by atomic mass is 79.9. The molecule has 1 aliphatic carbocycles. The van der Waals surface area contributed by atoms with Crippen LogP contribution in [0, 0.1) is 0 Å². The zero-order valence-electron chi connectivity index (χ0n) is 9.92. The Bertz CT molecular complexity index is 456. The third-order valence-electron chi connectivity index (χ3n) is 3.18. The van der Waals surface area contributed by atoms with Crippen molar-refractivity contribution in [2.45, 2.75) is 37.6 Å². The topological polar surface area (TPSA) is 29.1 Å². The monoisotopic (exact) mass is 317 g/mol. The van der Waals surface area contributed by atoms with Gasteiger partial charge in [0.25, 0.3) is 5.92 Å². The van der Waals surface area contributed by atoms with Crippen LogP contribution < -0.4 is 5.32 Å². The average molecular weight is 318 g/mol. The van der Waals surface area contributed by atoms with Crippen LogP contribution in [0.1, 0.15) is 31.2 Å². The maximum absolute atomic E-state index is 12.7. The third kappa shape index (κ3) is 3.07. The molecule has 0 bridgehead atoms. The van der Waals surface area contributed by atoms with Crippen LogP contribution in [0.4, 0.5) is 8.78 Å². The quantitative estimate of drug-likeness (QED) is 0.908. The van der Waals surface area contributed by atoms with E-state index in [0.29, 0.717) is 0 Å². The molecule has 1 aromatic rings. The molecule has 1 atom stereocenters. The fourth-order valence-electron chi connectivity index (χ4n) is 2.02. The van der Waals surface area contributed by atoms with Gasteiger partial charge in [-0.2, -0.15) is 0 Å². The number of carbonyl (C=O) groups excluding carboxylic acids is 1. The molecule has 1 aliphatic rings. The van der Waals surface area contributed by atoms with E-state index in [9.17, 15) is 13.6 Å². The maximum Gasteiger partial charge on any atom is 0.252 e. The summed E-state index contributed by atoms with van der Waals surface area (Å²) in [7, 11) is 0. The second-order valence-electron chi connectivity index (χ2n) is 4.75. The van der Waals surface area contributed by atoms with Gasteiger partial charge in [-0.1, -0.05) is 28.1 Å². The van der Waals surface area contributed by atoms with E-state index in [1.807, 2.05) is 24.3 Å². The molecule has 1 unspecified atom stereocenters. The van der Waals surface area contributed by atoms with E-state index < -0.39 is 5.92 Å². The first kappa shape index (κ1) is 13.5. The van der Waals surface area contributed by atoms with Gasteiger partial charge in [0, 0.05) is 23.4 Å². The van der Waals surface area contributed by atoms with Gasteiger partial charge in [-0.25, -0.2) is 8.78 Å². The number of rotatable bonds is 3. The molecule has 2 rings (SSSR count). The Hall–Kier alpha value is -0.970. The summed E-state index contributed by atoms with van der Waals surface area (Å²) in [6, 6.07) is 7.05. The number of nitrogens with one attached hydrogen (secondary N) is 1. The van der Waals surface area contributed by atoms with Crippen LogP contribution in [-0.4, -0.2) is 17.9 Å². The SMILES string of the molecule is CC(C(=O)NC1CC(F)(F)C1)c1cccc(Br)c1. The van der Waals surface area contributed by atoms with Gasteiger partial charge in [-0.15, -0.1) is 0 Å². The van der Waals surface area contributed by atoms with Crippen LogP contribution in [0.15, 0.2) is 28.7 Å². The molecule has 1 fully saturated rings. The molecule has 0 aliphatic heterocycles. The summed E-state index contributed by atoms with van der Waals surface area (Å²) in [6.07, 6.45) is -0.492. The molecule has 1 N–H and O–H groups in total. The van der Waals surface area contributed by atoms with Gasteiger partial charge in [0.15, 0.2) is 0 Å². The lowest BCUT2D eigenvalue weighted by Crippen LogP contribution is -2.51. The van der Waals surface area contributed by atoms with Crippen LogP contribution in [0.2, 0.25) is 0 Å². The second-order valence-corrected chi connectivity index (χ2v) is 5.66. The molecule has 1 saturated carbocycles. The van der Waals surface area contributed by atoms with Crippen LogP contribution in [0.5, 0.6) is 0 Å². The third-order valence-corrected chi connectivity index (χ3v) is 3.67. The van der Waals surface area contributed by atoms with Gasteiger partial charge in [-0.3, -0.25) is 4.79 Å². The number of benzene rings is 1. The number of amides is 1. The van der Waals surface area contributed by atoms with E-state index in [4.69, 9.17) is 0 Å². The summed E-state index contributed by atoms with van der Waals surface area (Å²) in [4.78, 5) is 11.9. The molecule has 98 valence electrons. The van der Waals surface area contributed by atoms with Crippen molar-refractivity contribution in [3.63, 3.8) is 0 Å². The molecule has 0 aromatic heterocycles. The van der Waals surface area contributed by atoms with Gasteiger partial charge >= 0.3 is 0 Å².